The predicted molar refractivity (Wildman–Crippen MR) is 92.7 cm³/mol. The average Bonchev–Trinajstić information content (AvgIpc) is 3.34. The predicted octanol–water partition coefficient (Wildman–Crippen LogP) is -0.344. The first-order valence-electron chi connectivity index (χ1n) is 8.97. The summed E-state index contributed by atoms with van der Waals surface area (Å²) in [5.74, 6) is 0.641. The van der Waals surface area contributed by atoms with Crippen LogP contribution >= 0.6 is 0 Å². The maximum atomic E-state index is 13.0. The first-order valence-corrected chi connectivity index (χ1v) is 10.8. The molecule has 0 radical (unpaired) electrons. The van der Waals surface area contributed by atoms with Crippen molar-refractivity contribution in [2.24, 2.45) is 5.92 Å². The lowest BCUT2D eigenvalue weighted by Crippen LogP contribution is -2.50. The number of aromatic nitrogens is 2. The van der Waals surface area contributed by atoms with Gasteiger partial charge in [0.05, 0.1) is 6.26 Å². The van der Waals surface area contributed by atoms with Crippen LogP contribution in [0.4, 0.5) is 0 Å². The number of carbonyl (C=O) groups excluding carboxylic acids is 1. The van der Waals surface area contributed by atoms with Crippen molar-refractivity contribution in [3.8, 4) is 0 Å². The minimum Gasteiger partial charge on any atom is -0.335 e. The quantitative estimate of drug-likeness (QED) is 0.786. The van der Waals surface area contributed by atoms with E-state index in [4.69, 9.17) is 0 Å². The van der Waals surface area contributed by atoms with Gasteiger partial charge in [-0.15, -0.1) is 0 Å². The number of piperazine rings is 1. The van der Waals surface area contributed by atoms with Gasteiger partial charge in [0, 0.05) is 63.5 Å². The van der Waals surface area contributed by atoms with Gasteiger partial charge in [-0.3, -0.25) is 9.48 Å². The monoisotopic (exact) mass is 367 g/mol. The molecule has 1 N–H and O–H groups in total. The molecule has 1 aromatic heterocycles. The third-order valence-corrected chi connectivity index (χ3v) is 6.64. The van der Waals surface area contributed by atoms with E-state index in [1.54, 1.807) is 4.90 Å². The molecule has 1 saturated carbocycles. The van der Waals surface area contributed by atoms with Crippen LogP contribution in [0.15, 0.2) is 0 Å². The number of hydrogen-bond acceptors (Lipinski definition) is 5. The molecule has 3 heterocycles. The van der Waals surface area contributed by atoms with Crippen molar-refractivity contribution in [1.82, 2.24) is 24.3 Å². The fourth-order valence-electron chi connectivity index (χ4n) is 3.66. The number of fused-ring (bicyclic) bond motifs is 1. The molecule has 2 aliphatic heterocycles. The largest absolute Gasteiger partial charge is 0.335 e. The number of amides is 1. The highest BCUT2D eigenvalue weighted by Gasteiger charge is 2.32. The van der Waals surface area contributed by atoms with Gasteiger partial charge in [0.1, 0.15) is 0 Å². The van der Waals surface area contributed by atoms with E-state index in [0.717, 1.165) is 25.1 Å². The van der Waals surface area contributed by atoms with Gasteiger partial charge >= 0.3 is 0 Å². The van der Waals surface area contributed by atoms with Gasteiger partial charge in [-0.2, -0.15) is 9.40 Å². The molecule has 4 rings (SSSR count). The number of sulfonamides is 1. The molecule has 0 unspecified atom stereocenters. The van der Waals surface area contributed by atoms with E-state index in [0.29, 0.717) is 44.3 Å². The van der Waals surface area contributed by atoms with Crippen LogP contribution in [0.3, 0.4) is 0 Å². The summed E-state index contributed by atoms with van der Waals surface area (Å²) in [5.41, 5.74) is 2.78. The van der Waals surface area contributed by atoms with Gasteiger partial charge in [-0.25, -0.2) is 8.42 Å². The number of nitrogens with one attached hydrogen (secondary N) is 1. The van der Waals surface area contributed by atoms with Crippen molar-refractivity contribution in [2.45, 2.75) is 32.4 Å². The third-order valence-electron chi connectivity index (χ3n) is 5.33. The van der Waals surface area contributed by atoms with Crippen LogP contribution in [-0.4, -0.2) is 72.3 Å². The Hall–Kier alpha value is -1.45. The summed E-state index contributed by atoms with van der Waals surface area (Å²) in [7, 11) is -3.19. The molecule has 25 heavy (non-hydrogen) atoms. The molecule has 1 amide bonds. The fourth-order valence-corrected chi connectivity index (χ4v) is 4.49. The Bertz CT molecular complexity index is 776. The van der Waals surface area contributed by atoms with Crippen LogP contribution < -0.4 is 5.32 Å². The number of nitrogens with zero attached hydrogens (tertiary/aromatic N) is 4. The van der Waals surface area contributed by atoms with E-state index in [9.17, 15) is 13.2 Å². The number of carbonyl (C=O) groups is 1. The molecule has 0 bridgehead atoms. The lowest BCUT2D eigenvalue weighted by atomic mass is 10.1. The molecule has 3 aliphatic rings. The second-order valence-corrected chi connectivity index (χ2v) is 9.26. The first-order chi connectivity index (χ1) is 11.9. The summed E-state index contributed by atoms with van der Waals surface area (Å²) in [6.45, 7) is 4.07. The van der Waals surface area contributed by atoms with E-state index in [1.165, 1.54) is 29.1 Å². The summed E-state index contributed by atoms with van der Waals surface area (Å²) in [4.78, 5) is 14.7. The van der Waals surface area contributed by atoms with Gasteiger partial charge in [-0.05, 0) is 18.8 Å². The first kappa shape index (κ1) is 17.0. The molecule has 1 aromatic rings. The van der Waals surface area contributed by atoms with Gasteiger partial charge in [-0.1, -0.05) is 0 Å². The van der Waals surface area contributed by atoms with Gasteiger partial charge in [0.2, 0.25) is 10.0 Å². The maximum Gasteiger partial charge on any atom is 0.274 e. The highest BCUT2D eigenvalue weighted by Crippen LogP contribution is 2.32. The normalized spacial score (nSPS) is 22.0. The lowest BCUT2D eigenvalue weighted by Gasteiger charge is -2.33. The Labute approximate surface area is 148 Å². The van der Waals surface area contributed by atoms with Crippen molar-refractivity contribution >= 4 is 15.9 Å². The van der Waals surface area contributed by atoms with E-state index < -0.39 is 10.0 Å². The summed E-state index contributed by atoms with van der Waals surface area (Å²) in [6, 6.07) is 0. The molecular formula is C16H25N5O3S. The standard InChI is InChI=1S/C16H25N5O3S/c1-25(23,24)20-8-6-19(7-9-20)16(22)15-13-10-17-5-4-14(13)21(18-15)11-12-2-3-12/h12,17H,2-11H2,1H3. The molecule has 1 saturated heterocycles. The molecule has 138 valence electrons. The molecule has 1 aliphatic carbocycles. The summed E-state index contributed by atoms with van der Waals surface area (Å²) in [5, 5.41) is 8.01. The van der Waals surface area contributed by atoms with Crippen molar-refractivity contribution in [2.75, 3.05) is 39.0 Å². The third kappa shape index (κ3) is 3.45. The molecule has 9 heteroatoms. The van der Waals surface area contributed by atoms with Crippen molar-refractivity contribution in [3.05, 3.63) is 17.0 Å². The topological polar surface area (TPSA) is 87.5 Å². The minimum absolute atomic E-state index is 0.0670. The summed E-state index contributed by atoms with van der Waals surface area (Å²) < 4.78 is 26.7. The van der Waals surface area contributed by atoms with Crippen molar-refractivity contribution in [3.63, 3.8) is 0 Å². The van der Waals surface area contributed by atoms with Crippen LogP contribution in [0.5, 0.6) is 0 Å². The fraction of sp³-hybridized carbons (Fsp3) is 0.750. The molecular weight excluding hydrogens is 342 g/mol. The van der Waals surface area contributed by atoms with E-state index >= 15 is 0 Å². The van der Waals surface area contributed by atoms with Crippen LogP contribution in [0, 0.1) is 5.92 Å². The SMILES string of the molecule is CS(=O)(=O)N1CCN(C(=O)c2nn(CC3CC3)c3c2CNCC3)CC1. The number of rotatable bonds is 4. The van der Waals surface area contributed by atoms with Crippen LogP contribution in [0.25, 0.3) is 0 Å². The smallest absolute Gasteiger partial charge is 0.274 e. The van der Waals surface area contributed by atoms with Crippen LogP contribution in [0.2, 0.25) is 0 Å². The van der Waals surface area contributed by atoms with Gasteiger partial charge in [0.25, 0.3) is 5.91 Å². The number of hydrogen-bond donors (Lipinski definition) is 1. The molecule has 0 spiro atoms. The second-order valence-electron chi connectivity index (χ2n) is 7.28. The zero-order chi connectivity index (χ0) is 17.6. The van der Waals surface area contributed by atoms with Crippen LogP contribution in [0.1, 0.15) is 34.6 Å². The molecule has 8 nitrogen and oxygen atoms in total. The Kier molecular flexibility index (Phi) is 4.33. The Morgan fingerprint density at radius 3 is 2.60 bits per heavy atom. The summed E-state index contributed by atoms with van der Waals surface area (Å²) in [6.07, 6.45) is 4.63. The minimum atomic E-state index is -3.19. The van der Waals surface area contributed by atoms with E-state index in [2.05, 4.69) is 10.4 Å². The zero-order valence-electron chi connectivity index (χ0n) is 14.6. The summed E-state index contributed by atoms with van der Waals surface area (Å²) >= 11 is 0. The molecule has 0 atom stereocenters. The Morgan fingerprint density at radius 2 is 1.96 bits per heavy atom. The Morgan fingerprint density at radius 1 is 1.24 bits per heavy atom. The lowest BCUT2D eigenvalue weighted by molar-refractivity contribution is 0.0690. The highest BCUT2D eigenvalue weighted by atomic mass is 32.2. The average molecular weight is 367 g/mol. The second kappa shape index (κ2) is 6.37. The van der Waals surface area contributed by atoms with Gasteiger partial charge in [0.15, 0.2) is 5.69 Å². The zero-order valence-corrected chi connectivity index (χ0v) is 15.4. The van der Waals surface area contributed by atoms with Gasteiger partial charge < -0.3 is 10.2 Å². The van der Waals surface area contributed by atoms with Crippen LogP contribution in [-0.2, 0) is 29.5 Å². The molecule has 2 fully saturated rings. The van der Waals surface area contributed by atoms with E-state index in [1.807, 2.05) is 4.68 Å². The Balaban J connectivity index is 1.53. The van der Waals surface area contributed by atoms with Crippen molar-refractivity contribution < 1.29 is 13.2 Å². The highest BCUT2D eigenvalue weighted by molar-refractivity contribution is 7.88. The van der Waals surface area contributed by atoms with Crippen molar-refractivity contribution in [1.29, 1.82) is 0 Å². The molecule has 0 aromatic carbocycles. The maximum absolute atomic E-state index is 13.0. The van der Waals surface area contributed by atoms with E-state index in [-0.39, 0.29) is 5.91 Å².